The molecular weight excluding hydrogens is 244 g/mol. The first-order valence-electron chi connectivity index (χ1n) is 8.08. The summed E-state index contributed by atoms with van der Waals surface area (Å²) in [6.45, 7) is 12.5. The van der Waals surface area contributed by atoms with Crippen molar-refractivity contribution in [1.82, 2.24) is 10.2 Å². The van der Waals surface area contributed by atoms with Gasteiger partial charge in [0.1, 0.15) is 0 Å². The van der Waals surface area contributed by atoms with Crippen LogP contribution in [0.5, 0.6) is 0 Å². The Hall–Kier alpha value is -0.860. The molecule has 0 radical (unpaired) electrons. The normalized spacial score (nSPS) is 27.8. The second kappa shape index (κ2) is 5.50. The number of rotatable bonds is 3. The molecule has 20 heavy (non-hydrogen) atoms. The smallest absolute Gasteiger partial charge is 0.0253 e. The minimum Gasteiger partial charge on any atom is -0.311 e. The van der Waals surface area contributed by atoms with Gasteiger partial charge in [0.15, 0.2) is 0 Å². The van der Waals surface area contributed by atoms with Gasteiger partial charge in [0.2, 0.25) is 0 Å². The van der Waals surface area contributed by atoms with E-state index >= 15 is 0 Å². The van der Waals surface area contributed by atoms with Crippen LogP contribution in [-0.4, -0.2) is 30.1 Å². The first-order valence-corrected chi connectivity index (χ1v) is 8.08. The Kier molecular flexibility index (Phi) is 3.87. The summed E-state index contributed by atoms with van der Waals surface area (Å²) in [5.41, 5.74) is 5.86. The molecule has 1 aliphatic heterocycles. The van der Waals surface area contributed by atoms with Gasteiger partial charge in [0.25, 0.3) is 0 Å². The van der Waals surface area contributed by atoms with Gasteiger partial charge < -0.3 is 5.32 Å². The molecular formula is C18H28N2. The van der Waals surface area contributed by atoms with Gasteiger partial charge in [-0.15, -0.1) is 0 Å². The van der Waals surface area contributed by atoms with E-state index in [9.17, 15) is 0 Å². The van der Waals surface area contributed by atoms with E-state index in [1.165, 1.54) is 42.6 Å². The molecule has 1 heterocycles. The van der Waals surface area contributed by atoms with Crippen LogP contribution in [0.25, 0.3) is 0 Å². The van der Waals surface area contributed by atoms with Crippen molar-refractivity contribution >= 4 is 0 Å². The summed E-state index contributed by atoms with van der Waals surface area (Å²) >= 11 is 0. The third kappa shape index (κ3) is 2.91. The minimum absolute atomic E-state index is 0.621. The highest BCUT2D eigenvalue weighted by Gasteiger charge is 2.38. The van der Waals surface area contributed by atoms with E-state index in [-0.39, 0.29) is 0 Å². The van der Waals surface area contributed by atoms with E-state index in [0.29, 0.717) is 6.04 Å². The number of hydrogen-bond acceptors (Lipinski definition) is 2. The molecule has 2 nitrogen and oxygen atoms in total. The highest BCUT2D eigenvalue weighted by molar-refractivity contribution is 5.37. The quantitative estimate of drug-likeness (QED) is 0.909. The van der Waals surface area contributed by atoms with Crippen molar-refractivity contribution in [3.8, 4) is 0 Å². The summed E-state index contributed by atoms with van der Waals surface area (Å²) in [6.07, 6.45) is 2.87. The molecule has 0 aromatic heterocycles. The fourth-order valence-electron chi connectivity index (χ4n) is 3.79. The second-order valence-electron chi connectivity index (χ2n) is 7.02. The SMILES string of the molecule is Cc1cc(C)c(CN2CC(C)NCC2C2CC2)c(C)c1. The third-order valence-electron chi connectivity index (χ3n) is 5.02. The summed E-state index contributed by atoms with van der Waals surface area (Å²) in [6, 6.07) is 6.04. The van der Waals surface area contributed by atoms with Crippen molar-refractivity contribution in [1.29, 1.82) is 0 Å². The lowest BCUT2D eigenvalue weighted by Crippen LogP contribution is -2.55. The number of aryl methyl sites for hydroxylation is 3. The fraction of sp³-hybridized carbons (Fsp3) is 0.667. The second-order valence-corrected chi connectivity index (χ2v) is 7.02. The van der Waals surface area contributed by atoms with Crippen LogP contribution in [0.2, 0.25) is 0 Å². The van der Waals surface area contributed by atoms with Crippen molar-refractivity contribution in [3.63, 3.8) is 0 Å². The predicted octanol–water partition coefficient (Wildman–Crippen LogP) is 3.18. The standard InChI is InChI=1S/C18H28N2/c1-12-7-13(2)17(14(3)8-12)11-20-10-15(4)19-9-18(20)16-5-6-16/h7-8,15-16,18-19H,5-6,9-11H2,1-4H3. The van der Waals surface area contributed by atoms with Crippen molar-refractivity contribution in [2.75, 3.05) is 13.1 Å². The Balaban J connectivity index is 1.81. The van der Waals surface area contributed by atoms with E-state index in [0.717, 1.165) is 18.5 Å². The molecule has 2 fully saturated rings. The molecule has 1 aliphatic carbocycles. The largest absolute Gasteiger partial charge is 0.311 e. The van der Waals surface area contributed by atoms with Crippen LogP contribution in [0.4, 0.5) is 0 Å². The molecule has 110 valence electrons. The van der Waals surface area contributed by atoms with Gasteiger partial charge in [-0.1, -0.05) is 17.7 Å². The summed E-state index contributed by atoms with van der Waals surface area (Å²) in [5.74, 6) is 0.945. The van der Waals surface area contributed by atoms with Gasteiger partial charge in [0.05, 0.1) is 0 Å². The van der Waals surface area contributed by atoms with Gasteiger partial charge >= 0.3 is 0 Å². The first kappa shape index (κ1) is 14.1. The van der Waals surface area contributed by atoms with Crippen molar-refractivity contribution < 1.29 is 0 Å². The number of nitrogens with zero attached hydrogens (tertiary/aromatic N) is 1. The zero-order valence-corrected chi connectivity index (χ0v) is 13.4. The molecule has 1 aromatic rings. The Labute approximate surface area is 123 Å². The maximum Gasteiger partial charge on any atom is 0.0253 e. The van der Waals surface area contributed by atoms with Crippen LogP contribution in [-0.2, 0) is 6.54 Å². The molecule has 2 unspecified atom stereocenters. The zero-order valence-electron chi connectivity index (χ0n) is 13.4. The first-order chi connectivity index (χ1) is 9.54. The van der Waals surface area contributed by atoms with E-state index < -0.39 is 0 Å². The van der Waals surface area contributed by atoms with Crippen LogP contribution in [0, 0.1) is 26.7 Å². The highest BCUT2D eigenvalue weighted by atomic mass is 15.2. The van der Waals surface area contributed by atoms with Gasteiger partial charge in [0, 0.05) is 31.7 Å². The molecule has 0 amide bonds. The van der Waals surface area contributed by atoms with Gasteiger partial charge in [-0.3, -0.25) is 4.90 Å². The Bertz CT molecular complexity index is 467. The minimum atomic E-state index is 0.621. The maximum absolute atomic E-state index is 3.67. The summed E-state index contributed by atoms with van der Waals surface area (Å²) in [7, 11) is 0. The lowest BCUT2D eigenvalue weighted by atomic mass is 9.97. The average Bonchev–Trinajstić information content (AvgIpc) is 3.18. The molecule has 1 aromatic carbocycles. The Morgan fingerprint density at radius 3 is 2.40 bits per heavy atom. The average molecular weight is 272 g/mol. The molecule has 2 atom stereocenters. The topological polar surface area (TPSA) is 15.3 Å². The van der Waals surface area contributed by atoms with E-state index in [1.54, 1.807) is 5.56 Å². The molecule has 1 N–H and O–H groups in total. The summed E-state index contributed by atoms with van der Waals surface area (Å²) in [5, 5.41) is 3.67. The van der Waals surface area contributed by atoms with Crippen LogP contribution >= 0.6 is 0 Å². The number of benzene rings is 1. The number of hydrogen-bond donors (Lipinski definition) is 1. The summed E-state index contributed by atoms with van der Waals surface area (Å²) in [4.78, 5) is 2.74. The van der Waals surface area contributed by atoms with Crippen molar-refractivity contribution in [2.45, 2.75) is 59.2 Å². The third-order valence-corrected chi connectivity index (χ3v) is 5.02. The zero-order chi connectivity index (χ0) is 14.3. The monoisotopic (exact) mass is 272 g/mol. The Morgan fingerprint density at radius 2 is 1.80 bits per heavy atom. The lowest BCUT2D eigenvalue weighted by Gasteiger charge is -2.40. The van der Waals surface area contributed by atoms with E-state index in [4.69, 9.17) is 0 Å². The van der Waals surface area contributed by atoms with Crippen molar-refractivity contribution in [2.24, 2.45) is 5.92 Å². The lowest BCUT2D eigenvalue weighted by molar-refractivity contribution is 0.112. The van der Waals surface area contributed by atoms with Gasteiger partial charge in [-0.05, 0) is 63.1 Å². The van der Waals surface area contributed by atoms with Crippen LogP contribution in [0.3, 0.4) is 0 Å². The van der Waals surface area contributed by atoms with Gasteiger partial charge in [-0.2, -0.15) is 0 Å². The fourth-order valence-corrected chi connectivity index (χ4v) is 3.79. The van der Waals surface area contributed by atoms with Crippen LogP contribution in [0.1, 0.15) is 42.0 Å². The summed E-state index contributed by atoms with van der Waals surface area (Å²) < 4.78 is 0. The molecule has 0 spiro atoms. The van der Waals surface area contributed by atoms with E-state index in [1.807, 2.05) is 0 Å². The number of piperazine rings is 1. The Morgan fingerprint density at radius 1 is 1.15 bits per heavy atom. The molecule has 0 bridgehead atoms. The predicted molar refractivity (Wildman–Crippen MR) is 85.0 cm³/mol. The molecule has 2 aliphatic rings. The van der Waals surface area contributed by atoms with Crippen LogP contribution in [0.15, 0.2) is 12.1 Å². The van der Waals surface area contributed by atoms with E-state index in [2.05, 4.69) is 50.0 Å². The van der Waals surface area contributed by atoms with Gasteiger partial charge in [-0.25, -0.2) is 0 Å². The van der Waals surface area contributed by atoms with Crippen molar-refractivity contribution in [3.05, 3.63) is 34.4 Å². The molecule has 1 saturated heterocycles. The highest BCUT2D eigenvalue weighted by Crippen LogP contribution is 2.37. The molecule has 3 rings (SSSR count). The molecule has 2 heteroatoms. The molecule has 1 saturated carbocycles. The maximum atomic E-state index is 3.67. The number of nitrogens with one attached hydrogen (secondary N) is 1. The van der Waals surface area contributed by atoms with Crippen LogP contribution < -0.4 is 5.32 Å².